The highest BCUT2D eigenvalue weighted by Gasteiger charge is 2.34. The summed E-state index contributed by atoms with van der Waals surface area (Å²) in [7, 11) is 0. The van der Waals surface area contributed by atoms with E-state index < -0.39 is 36.1 Å². The summed E-state index contributed by atoms with van der Waals surface area (Å²) in [5, 5.41) is 5.01. The van der Waals surface area contributed by atoms with Crippen LogP contribution in [0.3, 0.4) is 0 Å². The summed E-state index contributed by atoms with van der Waals surface area (Å²) in [5.41, 5.74) is 0.720. The Hall–Kier alpha value is -4.24. The first kappa shape index (κ1) is 23.9. The third kappa shape index (κ3) is 5.64. The molecule has 1 fully saturated rings. The Labute approximate surface area is 203 Å². The fourth-order valence-corrected chi connectivity index (χ4v) is 3.54. The number of nitrogens with zero attached hydrogens (tertiary/aromatic N) is 1. The normalized spacial score (nSPS) is 14.3. The van der Waals surface area contributed by atoms with E-state index in [-0.39, 0.29) is 34.3 Å². The fourth-order valence-electron chi connectivity index (χ4n) is 3.29. The van der Waals surface area contributed by atoms with Gasteiger partial charge in [-0.25, -0.2) is 13.6 Å². The van der Waals surface area contributed by atoms with Gasteiger partial charge < -0.3 is 15.4 Å². The van der Waals surface area contributed by atoms with Crippen molar-refractivity contribution in [3.63, 3.8) is 0 Å². The van der Waals surface area contributed by atoms with Crippen LogP contribution in [0, 0.1) is 11.6 Å². The van der Waals surface area contributed by atoms with Crippen LogP contribution in [0.15, 0.2) is 72.4 Å². The zero-order valence-electron chi connectivity index (χ0n) is 18.1. The van der Waals surface area contributed by atoms with Gasteiger partial charge in [0.25, 0.3) is 11.8 Å². The molecule has 4 amide bonds. The SMILES string of the molecule is O=C(COc1ccc(/C=C2\NC(=O)N(Cc3ccccc3F)C2=O)cc1Cl)Nc1ccccc1F. The number of hydrogen-bond donors (Lipinski definition) is 2. The van der Waals surface area contributed by atoms with Gasteiger partial charge >= 0.3 is 6.03 Å². The molecule has 0 spiro atoms. The molecule has 1 heterocycles. The number of amides is 4. The van der Waals surface area contributed by atoms with Crippen LogP contribution in [-0.4, -0.2) is 29.4 Å². The minimum absolute atomic E-state index is 0.000315. The number of halogens is 3. The molecule has 10 heteroatoms. The molecule has 0 radical (unpaired) electrons. The third-order valence-electron chi connectivity index (χ3n) is 5.02. The average Bonchev–Trinajstić information content (AvgIpc) is 3.08. The van der Waals surface area contributed by atoms with Crippen LogP contribution in [0.1, 0.15) is 11.1 Å². The topological polar surface area (TPSA) is 87.7 Å². The quantitative estimate of drug-likeness (QED) is 0.365. The van der Waals surface area contributed by atoms with E-state index >= 15 is 0 Å². The Kier molecular flexibility index (Phi) is 7.07. The number of carbonyl (C=O) groups excluding carboxylic acids is 3. The van der Waals surface area contributed by atoms with Crippen LogP contribution in [-0.2, 0) is 16.1 Å². The summed E-state index contributed by atoms with van der Waals surface area (Å²) in [6.07, 6.45) is 1.42. The second-order valence-corrected chi connectivity index (χ2v) is 7.88. The van der Waals surface area contributed by atoms with E-state index in [1.165, 1.54) is 54.6 Å². The molecule has 0 unspecified atom stereocenters. The van der Waals surface area contributed by atoms with Gasteiger partial charge in [0.15, 0.2) is 6.61 Å². The van der Waals surface area contributed by atoms with Gasteiger partial charge in [-0.3, -0.25) is 14.5 Å². The van der Waals surface area contributed by atoms with Crippen molar-refractivity contribution in [2.45, 2.75) is 6.54 Å². The predicted octanol–water partition coefficient (Wildman–Crippen LogP) is 4.73. The van der Waals surface area contributed by atoms with Crippen LogP contribution in [0.25, 0.3) is 6.08 Å². The van der Waals surface area contributed by atoms with E-state index in [1.54, 1.807) is 18.2 Å². The smallest absolute Gasteiger partial charge is 0.329 e. The van der Waals surface area contributed by atoms with Crippen molar-refractivity contribution in [1.29, 1.82) is 0 Å². The first-order valence-electron chi connectivity index (χ1n) is 10.4. The van der Waals surface area contributed by atoms with Crippen molar-refractivity contribution in [2.75, 3.05) is 11.9 Å². The van der Waals surface area contributed by atoms with Gasteiger partial charge in [0.1, 0.15) is 23.1 Å². The van der Waals surface area contributed by atoms with Crippen molar-refractivity contribution in [3.8, 4) is 5.75 Å². The van der Waals surface area contributed by atoms with Crippen molar-refractivity contribution in [3.05, 3.63) is 100 Å². The van der Waals surface area contributed by atoms with Crippen LogP contribution in [0.5, 0.6) is 5.75 Å². The van der Waals surface area contributed by atoms with Gasteiger partial charge in [-0.05, 0) is 42.0 Å². The van der Waals surface area contributed by atoms with Gasteiger partial charge in [-0.2, -0.15) is 0 Å². The summed E-state index contributed by atoms with van der Waals surface area (Å²) in [6.45, 7) is -0.620. The Morgan fingerprint density at radius 2 is 1.74 bits per heavy atom. The van der Waals surface area contributed by atoms with E-state index in [1.807, 2.05) is 0 Å². The van der Waals surface area contributed by atoms with Gasteiger partial charge in [0.2, 0.25) is 0 Å². The molecule has 1 saturated heterocycles. The summed E-state index contributed by atoms with van der Waals surface area (Å²) < 4.78 is 33.0. The number of imide groups is 1. The van der Waals surface area contributed by atoms with Crippen LogP contribution >= 0.6 is 11.6 Å². The number of urea groups is 1. The maximum atomic E-state index is 13.9. The van der Waals surface area contributed by atoms with Crippen molar-refractivity contribution < 1.29 is 27.9 Å². The third-order valence-corrected chi connectivity index (χ3v) is 5.32. The number of nitrogens with one attached hydrogen (secondary N) is 2. The largest absolute Gasteiger partial charge is 0.482 e. The molecule has 0 aromatic heterocycles. The van der Waals surface area contributed by atoms with E-state index in [9.17, 15) is 23.2 Å². The zero-order chi connectivity index (χ0) is 24.9. The second kappa shape index (κ2) is 10.4. The number of hydrogen-bond acceptors (Lipinski definition) is 4. The fraction of sp³-hybridized carbons (Fsp3) is 0.0800. The van der Waals surface area contributed by atoms with Crippen LogP contribution < -0.4 is 15.4 Å². The first-order chi connectivity index (χ1) is 16.8. The number of benzene rings is 3. The lowest BCUT2D eigenvalue weighted by Gasteiger charge is -2.12. The summed E-state index contributed by atoms with van der Waals surface area (Å²) >= 11 is 6.23. The van der Waals surface area contributed by atoms with Gasteiger partial charge in [0, 0.05) is 5.56 Å². The molecule has 3 aromatic carbocycles. The van der Waals surface area contributed by atoms with Crippen LogP contribution in [0.4, 0.5) is 19.3 Å². The lowest BCUT2D eigenvalue weighted by atomic mass is 10.1. The molecule has 0 bridgehead atoms. The summed E-state index contributed by atoms with van der Waals surface area (Å²) in [4.78, 5) is 37.8. The van der Waals surface area contributed by atoms with Crippen molar-refractivity contribution in [2.24, 2.45) is 0 Å². The highest BCUT2D eigenvalue weighted by Crippen LogP contribution is 2.27. The maximum absolute atomic E-state index is 13.9. The molecular weight excluding hydrogens is 480 g/mol. The lowest BCUT2D eigenvalue weighted by molar-refractivity contribution is -0.123. The number of para-hydroxylation sites is 1. The molecular formula is C25H18ClF2N3O4. The molecule has 7 nitrogen and oxygen atoms in total. The monoisotopic (exact) mass is 497 g/mol. The number of ether oxygens (including phenoxy) is 1. The van der Waals surface area contributed by atoms with Gasteiger partial charge in [-0.15, -0.1) is 0 Å². The molecule has 0 aliphatic carbocycles. The van der Waals surface area contributed by atoms with Crippen molar-refractivity contribution in [1.82, 2.24) is 10.2 Å². The summed E-state index contributed by atoms with van der Waals surface area (Å²) in [5.74, 6) is -2.08. The molecule has 0 atom stereocenters. The Balaban J connectivity index is 1.40. The lowest BCUT2D eigenvalue weighted by Crippen LogP contribution is -2.30. The zero-order valence-corrected chi connectivity index (χ0v) is 18.8. The van der Waals surface area contributed by atoms with E-state index in [2.05, 4.69) is 10.6 Å². The predicted molar refractivity (Wildman–Crippen MR) is 125 cm³/mol. The van der Waals surface area contributed by atoms with Gasteiger partial charge in [0.05, 0.1) is 17.3 Å². The maximum Gasteiger partial charge on any atom is 0.329 e. The van der Waals surface area contributed by atoms with E-state index in [4.69, 9.17) is 16.3 Å². The van der Waals surface area contributed by atoms with E-state index in [0.717, 1.165) is 4.90 Å². The molecule has 4 rings (SSSR count). The number of carbonyl (C=O) groups is 3. The van der Waals surface area contributed by atoms with Crippen molar-refractivity contribution >= 4 is 41.2 Å². The number of anilines is 1. The van der Waals surface area contributed by atoms with Crippen LogP contribution in [0.2, 0.25) is 5.02 Å². The number of rotatable bonds is 7. The Morgan fingerprint density at radius 1 is 1.03 bits per heavy atom. The Morgan fingerprint density at radius 3 is 2.46 bits per heavy atom. The summed E-state index contributed by atoms with van der Waals surface area (Å²) in [6, 6.07) is 15.5. The average molecular weight is 498 g/mol. The molecule has 178 valence electrons. The molecule has 3 aromatic rings. The minimum Gasteiger partial charge on any atom is -0.482 e. The van der Waals surface area contributed by atoms with E-state index in [0.29, 0.717) is 5.56 Å². The standard InChI is InChI=1S/C25H18ClF2N3O4/c26-17-11-15(9-10-22(17)35-14-23(32)29-20-8-4-3-7-19(20)28)12-21-24(33)31(25(34)30-21)13-16-5-1-2-6-18(16)27/h1-12H,13-14H2,(H,29,32)(H,30,34)/b21-12-. The molecule has 2 N–H and O–H groups in total. The highest BCUT2D eigenvalue weighted by molar-refractivity contribution is 6.32. The minimum atomic E-state index is -0.670. The highest BCUT2D eigenvalue weighted by atomic mass is 35.5. The Bertz CT molecular complexity index is 1350. The first-order valence-corrected chi connectivity index (χ1v) is 10.7. The second-order valence-electron chi connectivity index (χ2n) is 7.48. The van der Waals surface area contributed by atoms with Gasteiger partial charge in [-0.1, -0.05) is 48.0 Å². The molecule has 1 aliphatic rings. The molecule has 35 heavy (non-hydrogen) atoms. The molecule has 1 aliphatic heterocycles. The molecule has 0 saturated carbocycles.